The lowest BCUT2D eigenvalue weighted by Crippen LogP contribution is -2.21. The van der Waals surface area contributed by atoms with Crippen LogP contribution in [0.1, 0.15) is 72.2 Å². The summed E-state index contributed by atoms with van der Waals surface area (Å²) >= 11 is 0. The number of hydrogen-bond acceptors (Lipinski definition) is 0. The van der Waals surface area contributed by atoms with Crippen LogP contribution in [0.2, 0.25) is 0 Å². The molecular formula is C25H32. The molecule has 0 aromatic heterocycles. The van der Waals surface area contributed by atoms with Gasteiger partial charge in [-0.05, 0) is 101 Å². The van der Waals surface area contributed by atoms with E-state index >= 15 is 0 Å². The molecule has 2 aliphatic carbocycles. The summed E-state index contributed by atoms with van der Waals surface area (Å²) in [6.07, 6.45) is 9.83. The van der Waals surface area contributed by atoms with E-state index in [-0.39, 0.29) is 0 Å². The quantitative estimate of drug-likeness (QED) is 0.662. The van der Waals surface area contributed by atoms with Crippen LogP contribution >= 0.6 is 0 Å². The highest BCUT2D eigenvalue weighted by Gasteiger charge is 2.42. The minimum Gasteiger partial charge on any atom is -0.0613 e. The van der Waals surface area contributed by atoms with Gasteiger partial charge in [0.1, 0.15) is 0 Å². The van der Waals surface area contributed by atoms with Crippen LogP contribution in [-0.2, 0) is 51.4 Å². The maximum atomic E-state index is 2.54. The van der Waals surface area contributed by atoms with Gasteiger partial charge >= 0.3 is 0 Å². The predicted molar refractivity (Wildman–Crippen MR) is 108 cm³/mol. The van der Waals surface area contributed by atoms with Gasteiger partial charge in [0.15, 0.2) is 0 Å². The first-order chi connectivity index (χ1) is 12.1. The zero-order valence-electron chi connectivity index (χ0n) is 16.5. The van der Waals surface area contributed by atoms with Crippen LogP contribution in [0.15, 0.2) is 24.3 Å². The number of benzene rings is 2. The molecule has 0 radical (unpaired) electrons. The largest absolute Gasteiger partial charge is 0.0613 e. The first-order valence-corrected chi connectivity index (χ1v) is 10.4. The Hall–Kier alpha value is -1.56. The number of hydrogen-bond donors (Lipinski definition) is 0. The van der Waals surface area contributed by atoms with E-state index in [1.54, 1.807) is 44.5 Å². The number of aryl methyl sites for hydroxylation is 4. The van der Waals surface area contributed by atoms with E-state index in [0.717, 1.165) is 0 Å². The molecule has 0 heteroatoms. The van der Waals surface area contributed by atoms with Crippen LogP contribution in [0.5, 0.6) is 0 Å². The summed E-state index contributed by atoms with van der Waals surface area (Å²) in [7, 11) is 0. The van der Waals surface area contributed by atoms with Crippen LogP contribution in [0.25, 0.3) is 0 Å². The second kappa shape index (κ2) is 6.31. The van der Waals surface area contributed by atoms with E-state index in [1.807, 2.05) is 0 Å². The fourth-order valence-corrected chi connectivity index (χ4v) is 5.55. The van der Waals surface area contributed by atoms with Crippen molar-refractivity contribution in [2.45, 2.75) is 79.1 Å². The molecule has 0 nitrogen and oxygen atoms in total. The third kappa shape index (κ3) is 2.75. The van der Waals surface area contributed by atoms with Crippen molar-refractivity contribution in [1.29, 1.82) is 0 Å². The van der Waals surface area contributed by atoms with Gasteiger partial charge in [0, 0.05) is 0 Å². The highest BCUT2D eigenvalue weighted by Crippen LogP contribution is 2.48. The molecule has 2 aliphatic rings. The lowest BCUT2D eigenvalue weighted by Gasteiger charge is -2.21. The molecule has 2 aromatic carbocycles. The molecule has 0 atom stereocenters. The molecule has 2 aromatic rings. The van der Waals surface area contributed by atoms with Crippen molar-refractivity contribution >= 4 is 0 Å². The van der Waals surface area contributed by atoms with Gasteiger partial charge in [0.05, 0.1) is 0 Å². The van der Waals surface area contributed by atoms with Crippen LogP contribution in [0, 0.1) is 5.41 Å². The third-order valence-corrected chi connectivity index (χ3v) is 6.83. The number of fused-ring (bicyclic) bond motifs is 2. The summed E-state index contributed by atoms with van der Waals surface area (Å²) in [4.78, 5) is 0. The van der Waals surface area contributed by atoms with Crippen LogP contribution in [0.3, 0.4) is 0 Å². The van der Waals surface area contributed by atoms with Gasteiger partial charge in [0.2, 0.25) is 0 Å². The van der Waals surface area contributed by atoms with Gasteiger partial charge in [-0.25, -0.2) is 0 Å². The molecule has 132 valence electrons. The monoisotopic (exact) mass is 332 g/mol. The molecule has 0 unspecified atom stereocenters. The summed E-state index contributed by atoms with van der Waals surface area (Å²) < 4.78 is 0. The van der Waals surface area contributed by atoms with Crippen LogP contribution < -0.4 is 0 Å². The van der Waals surface area contributed by atoms with Crippen molar-refractivity contribution in [2.75, 3.05) is 0 Å². The molecule has 1 spiro atoms. The molecule has 0 N–H and O–H groups in total. The molecule has 0 fully saturated rings. The average molecular weight is 333 g/mol. The summed E-state index contributed by atoms with van der Waals surface area (Å²) in [6.45, 7) is 9.20. The molecular weight excluding hydrogens is 300 g/mol. The molecule has 0 aliphatic heterocycles. The fourth-order valence-electron chi connectivity index (χ4n) is 5.55. The van der Waals surface area contributed by atoms with Crippen molar-refractivity contribution in [3.8, 4) is 0 Å². The van der Waals surface area contributed by atoms with E-state index in [1.165, 1.54) is 51.4 Å². The second-order valence-corrected chi connectivity index (χ2v) is 8.40. The lowest BCUT2D eigenvalue weighted by atomic mass is 9.82. The minimum absolute atomic E-state index is 0.472. The van der Waals surface area contributed by atoms with Crippen molar-refractivity contribution < 1.29 is 0 Å². The Labute approximate surface area is 153 Å². The van der Waals surface area contributed by atoms with E-state index in [2.05, 4.69) is 52.0 Å². The minimum atomic E-state index is 0.472. The Morgan fingerprint density at radius 3 is 0.960 bits per heavy atom. The third-order valence-electron chi connectivity index (χ3n) is 6.83. The fraction of sp³-hybridized carbons (Fsp3) is 0.520. The Morgan fingerprint density at radius 1 is 0.520 bits per heavy atom. The molecule has 4 rings (SSSR count). The molecule has 0 amide bonds. The van der Waals surface area contributed by atoms with Gasteiger partial charge in [-0.1, -0.05) is 52.0 Å². The maximum absolute atomic E-state index is 2.54. The lowest BCUT2D eigenvalue weighted by molar-refractivity contribution is 0.326. The molecule has 0 saturated heterocycles. The van der Waals surface area contributed by atoms with Crippen molar-refractivity contribution in [3.63, 3.8) is 0 Å². The Bertz CT molecular complexity index is 670. The molecule has 25 heavy (non-hydrogen) atoms. The Morgan fingerprint density at radius 2 is 0.760 bits per heavy atom. The van der Waals surface area contributed by atoms with Crippen molar-refractivity contribution in [2.24, 2.45) is 5.41 Å². The summed E-state index contributed by atoms with van der Waals surface area (Å²) in [6, 6.07) is 10.2. The highest BCUT2D eigenvalue weighted by atomic mass is 14.5. The smallest absolute Gasteiger partial charge is 0.0136 e. The van der Waals surface area contributed by atoms with Crippen LogP contribution in [0.4, 0.5) is 0 Å². The van der Waals surface area contributed by atoms with Crippen LogP contribution in [-0.4, -0.2) is 0 Å². The van der Waals surface area contributed by atoms with Gasteiger partial charge in [-0.3, -0.25) is 0 Å². The summed E-state index contributed by atoms with van der Waals surface area (Å²) in [5, 5.41) is 0. The van der Waals surface area contributed by atoms with E-state index in [4.69, 9.17) is 0 Å². The van der Waals surface area contributed by atoms with Crippen molar-refractivity contribution in [1.82, 2.24) is 0 Å². The van der Waals surface area contributed by atoms with Gasteiger partial charge in [0.25, 0.3) is 0 Å². The van der Waals surface area contributed by atoms with Gasteiger partial charge in [-0.2, -0.15) is 0 Å². The summed E-state index contributed by atoms with van der Waals surface area (Å²) in [5.41, 5.74) is 13.4. The molecule has 0 saturated carbocycles. The van der Waals surface area contributed by atoms with E-state index in [9.17, 15) is 0 Å². The Balaban J connectivity index is 1.67. The van der Waals surface area contributed by atoms with Gasteiger partial charge in [-0.15, -0.1) is 0 Å². The number of rotatable bonds is 4. The van der Waals surface area contributed by atoms with Gasteiger partial charge < -0.3 is 0 Å². The Kier molecular flexibility index (Phi) is 4.26. The topological polar surface area (TPSA) is 0 Å². The van der Waals surface area contributed by atoms with E-state index in [0.29, 0.717) is 5.41 Å². The second-order valence-electron chi connectivity index (χ2n) is 8.40. The summed E-state index contributed by atoms with van der Waals surface area (Å²) in [5.74, 6) is 0. The zero-order valence-corrected chi connectivity index (χ0v) is 16.5. The normalized spacial score (nSPS) is 17.1. The first kappa shape index (κ1) is 16.9. The SMILES string of the molecule is CCc1cc2c(cc1CC)CC1(C2)Cc2cc(CC)c(CC)cc2C1. The standard InChI is InChI=1S/C25H32/c1-5-17-9-21-13-25(14-22(21)10-18(17)6-2)15-23-11-19(7-3)20(8-4)12-24(23)16-25/h9-12H,5-8,13-16H2,1-4H3. The molecule has 0 heterocycles. The predicted octanol–water partition coefficient (Wildman–Crippen LogP) is 5.82. The van der Waals surface area contributed by atoms with Crippen molar-refractivity contribution in [3.05, 3.63) is 68.8 Å². The first-order valence-electron chi connectivity index (χ1n) is 10.4. The molecule has 0 bridgehead atoms. The van der Waals surface area contributed by atoms with E-state index < -0.39 is 0 Å². The maximum Gasteiger partial charge on any atom is -0.0136 e. The zero-order chi connectivity index (χ0) is 17.6. The highest BCUT2D eigenvalue weighted by molar-refractivity contribution is 5.48. The average Bonchev–Trinajstić information content (AvgIpc) is 3.15.